The van der Waals surface area contributed by atoms with Crippen molar-refractivity contribution in [1.82, 2.24) is 0 Å². The third-order valence-corrected chi connectivity index (χ3v) is 13.1. The van der Waals surface area contributed by atoms with Crippen molar-refractivity contribution in [2.45, 2.75) is 0 Å². The Hall–Kier alpha value is -9.38. The Morgan fingerprint density at radius 3 is 0.843 bits per heavy atom. The van der Waals surface area contributed by atoms with Crippen molar-refractivity contribution in [2.75, 3.05) is 19.6 Å². The van der Waals surface area contributed by atoms with Gasteiger partial charge >= 0.3 is 0 Å². The summed E-state index contributed by atoms with van der Waals surface area (Å²) in [6.45, 7) is 0. The van der Waals surface area contributed by atoms with Crippen LogP contribution in [0.1, 0.15) is 0 Å². The van der Waals surface area contributed by atoms with Gasteiger partial charge in [0.15, 0.2) is 0 Å². The quantitative estimate of drug-likeness (QED) is 0.121. The first-order valence-electron chi connectivity index (χ1n) is 23.8. The molecule has 0 aliphatic rings. The average molecular weight is 897 g/mol. The highest BCUT2D eigenvalue weighted by Crippen LogP contribution is 2.45. The number of rotatable bonds is 12. The van der Waals surface area contributed by atoms with Crippen LogP contribution < -0.4 is 19.6 Å². The van der Waals surface area contributed by atoms with Crippen molar-refractivity contribution < 1.29 is 0 Å². The monoisotopic (exact) mass is 896 g/mol. The van der Waals surface area contributed by atoms with Gasteiger partial charge in [-0.15, -0.1) is 0 Å². The van der Waals surface area contributed by atoms with E-state index in [0.717, 1.165) is 68.2 Å². The van der Waals surface area contributed by atoms with E-state index in [1.807, 2.05) is 0 Å². The topological polar surface area (TPSA) is 13.0 Å². The third kappa shape index (κ3) is 8.14. The molecular weight excluding hydrogens is 849 g/mol. The van der Waals surface area contributed by atoms with E-state index in [9.17, 15) is 0 Å². The van der Waals surface area contributed by atoms with Crippen LogP contribution in [-0.2, 0) is 0 Å². The van der Waals surface area contributed by atoms with Crippen molar-refractivity contribution in [1.29, 1.82) is 0 Å². The van der Waals surface area contributed by atoms with Crippen LogP contribution in [0, 0.1) is 0 Å². The van der Waals surface area contributed by atoms with Crippen LogP contribution >= 0.6 is 0 Å². The summed E-state index contributed by atoms with van der Waals surface area (Å²) in [4.78, 5) is 9.41. The van der Waals surface area contributed by atoms with Gasteiger partial charge in [0.1, 0.15) is 0 Å². The number of hydrogen-bond donors (Lipinski definition) is 0. The lowest BCUT2D eigenvalue weighted by atomic mass is 10.1. The highest BCUT2D eigenvalue weighted by atomic mass is 15.2. The Labute approximate surface area is 409 Å². The molecular formula is C66H48N4. The zero-order chi connectivity index (χ0) is 46.6. The normalized spacial score (nSPS) is 11.1. The molecule has 0 spiro atoms. The number of benzene rings is 12. The first kappa shape index (κ1) is 42.0. The predicted octanol–water partition coefficient (Wildman–Crippen LogP) is 19.0. The van der Waals surface area contributed by atoms with Crippen LogP contribution in [0.3, 0.4) is 0 Å². The van der Waals surface area contributed by atoms with Gasteiger partial charge in [-0.2, -0.15) is 0 Å². The van der Waals surface area contributed by atoms with E-state index in [0.29, 0.717) is 0 Å². The van der Waals surface area contributed by atoms with E-state index in [-0.39, 0.29) is 0 Å². The lowest BCUT2D eigenvalue weighted by molar-refractivity contribution is 1.24. The van der Waals surface area contributed by atoms with Crippen molar-refractivity contribution >= 4 is 101 Å². The van der Waals surface area contributed by atoms with Crippen LogP contribution in [0.2, 0.25) is 0 Å². The number of nitrogens with zero attached hydrogens (tertiary/aromatic N) is 4. The maximum absolute atomic E-state index is 2.36. The molecule has 0 amide bonds. The van der Waals surface area contributed by atoms with Crippen LogP contribution in [0.5, 0.6) is 0 Å². The molecule has 12 aromatic carbocycles. The molecule has 0 unspecified atom stereocenters. The maximum Gasteiger partial charge on any atom is 0.0540 e. The minimum atomic E-state index is 1.04. The Morgan fingerprint density at radius 1 is 0.157 bits per heavy atom. The number of hydrogen-bond acceptors (Lipinski definition) is 4. The molecule has 0 aliphatic carbocycles. The first-order chi connectivity index (χ1) is 34.7. The lowest BCUT2D eigenvalue weighted by Gasteiger charge is -2.30. The maximum atomic E-state index is 2.36. The summed E-state index contributed by atoms with van der Waals surface area (Å²) in [5, 5.41) is 7.22. The van der Waals surface area contributed by atoms with Crippen molar-refractivity contribution in [2.24, 2.45) is 0 Å². The SMILES string of the molecule is c1ccc(N(c2ccc(N(c3ccc(N(c4ccccc4)c4cccc5ccccc45)cc3)c3ccc(N(c4ccccc4)c4cccc5ccccc45)cc3)cc2)c2ccc3ccccc3c2)cc1. The second-order valence-electron chi connectivity index (χ2n) is 17.4. The molecule has 332 valence electrons. The Bertz CT molecular complexity index is 3530. The summed E-state index contributed by atoms with van der Waals surface area (Å²) >= 11 is 0. The van der Waals surface area contributed by atoms with E-state index < -0.39 is 0 Å². The molecule has 0 heterocycles. The van der Waals surface area contributed by atoms with E-state index in [1.54, 1.807) is 0 Å². The van der Waals surface area contributed by atoms with Gasteiger partial charge in [0.2, 0.25) is 0 Å². The highest BCUT2D eigenvalue weighted by molar-refractivity contribution is 6.00. The fraction of sp³-hybridized carbons (Fsp3) is 0. The van der Waals surface area contributed by atoms with Gasteiger partial charge in [0.25, 0.3) is 0 Å². The first-order valence-corrected chi connectivity index (χ1v) is 23.8. The molecule has 0 saturated carbocycles. The second kappa shape index (κ2) is 18.7. The van der Waals surface area contributed by atoms with E-state index >= 15 is 0 Å². The minimum absolute atomic E-state index is 1.04. The van der Waals surface area contributed by atoms with Crippen LogP contribution in [-0.4, -0.2) is 0 Å². The zero-order valence-corrected chi connectivity index (χ0v) is 38.5. The van der Waals surface area contributed by atoms with Crippen LogP contribution in [0.25, 0.3) is 32.3 Å². The zero-order valence-electron chi connectivity index (χ0n) is 38.5. The second-order valence-corrected chi connectivity index (χ2v) is 17.4. The molecule has 0 saturated heterocycles. The standard InChI is InChI=1S/C66H48N4/c1-4-24-53(25-5-1)68(62-35-34-49-18-10-11-21-52(49)48-62)59-38-36-56(37-39-59)67(57-40-44-60(45-41-57)69(54-26-6-2-7-27-54)65-32-16-22-50-19-12-14-30-63(50)65)58-42-46-61(47-43-58)70(55-28-8-3-9-29-55)66-33-17-23-51-20-13-15-31-64(51)66/h1-48H. The number of para-hydroxylation sites is 3. The molecule has 0 N–H and O–H groups in total. The van der Waals surface area contributed by atoms with Crippen molar-refractivity contribution in [3.05, 3.63) is 291 Å². The van der Waals surface area contributed by atoms with Gasteiger partial charge in [-0.3, -0.25) is 0 Å². The Balaban J connectivity index is 0.976. The van der Waals surface area contributed by atoms with E-state index in [4.69, 9.17) is 0 Å². The van der Waals surface area contributed by atoms with Crippen LogP contribution in [0.15, 0.2) is 291 Å². The number of fused-ring (bicyclic) bond motifs is 3. The predicted molar refractivity (Wildman–Crippen MR) is 298 cm³/mol. The molecule has 12 aromatic rings. The Kier molecular flexibility index (Phi) is 11.2. The lowest BCUT2D eigenvalue weighted by Crippen LogP contribution is -2.14. The summed E-state index contributed by atoms with van der Waals surface area (Å²) in [7, 11) is 0. The third-order valence-electron chi connectivity index (χ3n) is 13.1. The summed E-state index contributed by atoms with van der Waals surface area (Å²) in [6, 6.07) is 104. The molecule has 4 nitrogen and oxygen atoms in total. The fourth-order valence-electron chi connectivity index (χ4n) is 9.85. The molecule has 70 heavy (non-hydrogen) atoms. The molecule has 0 aliphatic heterocycles. The van der Waals surface area contributed by atoms with Crippen molar-refractivity contribution in [3.8, 4) is 0 Å². The fourth-order valence-corrected chi connectivity index (χ4v) is 9.85. The van der Waals surface area contributed by atoms with E-state index in [1.165, 1.54) is 32.3 Å². The molecule has 12 rings (SSSR count). The highest BCUT2D eigenvalue weighted by Gasteiger charge is 2.21. The largest absolute Gasteiger partial charge is 0.310 e. The summed E-state index contributed by atoms with van der Waals surface area (Å²) in [5.74, 6) is 0. The van der Waals surface area contributed by atoms with Crippen LogP contribution in [0.4, 0.5) is 68.2 Å². The van der Waals surface area contributed by atoms with Gasteiger partial charge in [-0.05, 0) is 155 Å². The summed E-state index contributed by atoms with van der Waals surface area (Å²) in [5.41, 5.74) is 13.0. The molecule has 0 radical (unpaired) electrons. The Morgan fingerprint density at radius 2 is 0.429 bits per heavy atom. The average Bonchev–Trinajstić information content (AvgIpc) is 3.43. The molecule has 0 fully saturated rings. The summed E-state index contributed by atoms with van der Waals surface area (Å²) in [6.07, 6.45) is 0. The smallest absolute Gasteiger partial charge is 0.0540 e. The molecule has 0 atom stereocenters. The van der Waals surface area contributed by atoms with Gasteiger partial charge in [0.05, 0.1) is 11.4 Å². The summed E-state index contributed by atoms with van der Waals surface area (Å²) < 4.78 is 0. The van der Waals surface area contributed by atoms with E-state index in [2.05, 4.69) is 311 Å². The molecule has 0 aromatic heterocycles. The van der Waals surface area contributed by atoms with Gasteiger partial charge < -0.3 is 19.6 Å². The molecule has 0 bridgehead atoms. The molecule has 4 heteroatoms. The van der Waals surface area contributed by atoms with Gasteiger partial charge in [0, 0.05) is 67.6 Å². The number of anilines is 12. The minimum Gasteiger partial charge on any atom is -0.310 e. The van der Waals surface area contributed by atoms with Gasteiger partial charge in [-0.25, -0.2) is 0 Å². The van der Waals surface area contributed by atoms with Crippen molar-refractivity contribution in [3.63, 3.8) is 0 Å². The van der Waals surface area contributed by atoms with Gasteiger partial charge in [-0.1, -0.05) is 158 Å².